The molecule has 1 atom stereocenters. The summed E-state index contributed by atoms with van der Waals surface area (Å²) in [6.45, 7) is -1.51. The van der Waals surface area contributed by atoms with Gasteiger partial charge >= 0.3 is 6.61 Å². The Labute approximate surface area is 85.3 Å². The third-order valence-electron chi connectivity index (χ3n) is 1.96. The molecule has 0 saturated carbocycles. The van der Waals surface area contributed by atoms with Gasteiger partial charge in [0.15, 0.2) is 0 Å². The number of hydrogen-bond acceptors (Lipinski definition) is 2. The van der Waals surface area contributed by atoms with Gasteiger partial charge in [-0.05, 0) is 17.7 Å². The molecule has 0 spiro atoms. The maximum absolute atomic E-state index is 13.0. The summed E-state index contributed by atoms with van der Waals surface area (Å²) in [5.41, 5.74) is 0.424. The average Bonchev–Trinajstić information content (AvgIpc) is 2.14. The van der Waals surface area contributed by atoms with E-state index in [1.165, 1.54) is 12.1 Å². The van der Waals surface area contributed by atoms with Crippen molar-refractivity contribution in [1.29, 1.82) is 0 Å². The number of ether oxygens (including phenoxy) is 1. The summed E-state index contributed by atoms with van der Waals surface area (Å²) in [6.07, 6.45) is 0. The Bertz CT molecular complexity index is 328. The van der Waals surface area contributed by atoms with Crippen molar-refractivity contribution >= 4 is 0 Å². The molecular formula is C10H11F3O2. The first kappa shape index (κ1) is 11.8. The summed E-state index contributed by atoms with van der Waals surface area (Å²) in [7, 11) is 0. The molecule has 0 aliphatic rings. The first-order valence-corrected chi connectivity index (χ1v) is 4.39. The van der Waals surface area contributed by atoms with Gasteiger partial charge in [-0.25, -0.2) is 4.39 Å². The van der Waals surface area contributed by atoms with Gasteiger partial charge in [-0.15, -0.1) is 0 Å². The maximum atomic E-state index is 13.0. The van der Waals surface area contributed by atoms with Gasteiger partial charge < -0.3 is 9.84 Å². The standard InChI is InChI=1S/C10H11F3O2/c1-6(5-14)7-2-8(11)4-9(3-7)15-10(12)13/h2-4,6,10,14H,5H2,1H3. The van der Waals surface area contributed by atoms with Gasteiger partial charge in [0, 0.05) is 18.6 Å². The van der Waals surface area contributed by atoms with Gasteiger partial charge in [0.2, 0.25) is 0 Å². The van der Waals surface area contributed by atoms with E-state index >= 15 is 0 Å². The van der Waals surface area contributed by atoms with Crippen LogP contribution in [0.5, 0.6) is 5.75 Å². The van der Waals surface area contributed by atoms with Gasteiger partial charge in [0.1, 0.15) is 11.6 Å². The molecule has 5 heteroatoms. The molecule has 0 amide bonds. The number of hydrogen-bond donors (Lipinski definition) is 1. The smallest absolute Gasteiger partial charge is 0.387 e. The van der Waals surface area contributed by atoms with Crippen LogP contribution in [0.25, 0.3) is 0 Å². The number of aliphatic hydroxyl groups excluding tert-OH is 1. The van der Waals surface area contributed by atoms with Crippen LogP contribution in [0.3, 0.4) is 0 Å². The lowest BCUT2D eigenvalue weighted by Gasteiger charge is -2.11. The second-order valence-electron chi connectivity index (χ2n) is 3.18. The first-order chi connectivity index (χ1) is 7.02. The van der Waals surface area contributed by atoms with E-state index in [0.29, 0.717) is 5.56 Å². The van der Waals surface area contributed by atoms with Gasteiger partial charge in [-0.3, -0.25) is 0 Å². The lowest BCUT2D eigenvalue weighted by atomic mass is 10.0. The molecule has 1 aromatic rings. The van der Waals surface area contributed by atoms with Crippen molar-refractivity contribution in [3.63, 3.8) is 0 Å². The molecule has 84 valence electrons. The third kappa shape index (κ3) is 3.43. The zero-order valence-electron chi connectivity index (χ0n) is 8.08. The van der Waals surface area contributed by atoms with E-state index in [2.05, 4.69) is 4.74 Å². The molecule has 1 N–H and O–H groups in total. The van der Waals surface area contributed by atoms with E-state index < -0.39 is 12.4 Å². The molecular weight excluding hydrogens is 209 g/mol. The molecule has 0 aliphatic heterocycles. The van der Waals surface area contributed by atoms with Crippen LogP contribution >= 0.6 is 0 Å². The number of benzene rings is 1. The molecule has 0 fully saturated rings. The average molecular weight is 220 g/mol. The van der Waals surface area contributed by atoms with Crippen LogP contribution in [0, 0.1) is 5.82 Å². The van der Waals surface area contributed by atoms with Crippen LogP contribution in [0.4, 0.5) is 13.2 Å². The molecule has 0 aromatic heterocycles. The van der Waals surface area contributed by atoms with Crippen molar-refractivity contribution in [1.82, 2.24) is 0 Å². The van der Waals surface area contributed by atoms with Crippen molar-refractivity contribution in [3.8, 4) is 5.75 Å². The molecule has 0 saturated heterocycles. The Balaban J connectivity index is 2.94. The monoisotopic (exact) mass is 220 g/mol. The summed E-state index contributed by atoms with van der Waals surface area (Å²) in [4.78, 5) is 0. The molecule has 0 bridgehead atoms. The minimum Gasteiger partial charge on any atom is -0.435 e. The van der Waals surface area contributed by atoms with E-state index in [-0.39, 0.29) is 18.3 Å². The lowest BCUT2D eigenvalue weighted by molar-refractivity contribution is -0.0500. The number of alkyl halides is 2. The SMILES string of the molecule is CC(CO)c1cc(F)cc(OC(F)F)c1. The number of rotatable bonds is 4. The fraction of sp³-hybridized carbons (Fsp3) is 0.400. The molecule has 0 aliphatic carbocycles. The van der Waals surface area contributed by atoms with Crippen molar-refractivity contribution < 1.29 is 23.0 Å². The van der Waals surface area contributed by atoms with E-state index in [4.69, 9.17) is 5.11 Å². The zero-order chi connectivity index (χ0) is 11.4. The fourth-order valence-corrected chi connectivity index (χ4v) is 1.15. The lowest BCUT2D eigenvalue weighted by Crippen LogP contribution is -2.05. The summed E-state index contributed by atoms with van der Waals surface area (Å²) >= 11 is 0. The number of aliphatic hydroxyl groups is 1. The topological polar surface area (TPSA) is 29.5 Å². The molecule has 1 aromatic carbocycles. The Hall–Kier alpha value is -1.23. The van der Waals surface area contributed by atoms with Crippen LogP contribution in [0.1, 0.15) is 18.4 Å². The van der Waals surface area contributed by atoms with Crippen molar-refractivity contribution in [3.05, 3.63) is 29.6 Å². The fourth-order valence-electron chi connectivity index (χ4n) is 1.15. The van der Waals surface area contributed by atoms with E-state index in [0.717, 1.165) is 6.07 Å². The highest BCUT2D eigenvalue weighted by molar-refractivity contribution is 5.31. The second kappa shape index (κ2) is 5.02. The Morgan fingerprint density at radius 2 is 2.00 bits per heavy atom. The predicted octanol–water partition coefficient (Wildman–Crippen LogP) is 2.52. The maximum Gasteiger partial charge on any atom is 0.387 e. The highest BCUT2D eigenvalue weighted by Crippen LogP contribution is 2.23. The Morgan fingerprint density at radius 1 is 1.33 bits per heavy atom. The van der Waals surface area contributed by atoms with Crippen molar-refractivity contribution in [2.45, 2.75) is 19.5 Å². The third-order valence-corrected chi connectivity index (χ3v) is 1.96. The van der Waals surface area contributed by atoms with Crippen LogP contribution in [0.15, 0.2) is 18.2 Å². The highest BCUT2D eigenvalue weighted by Gasteiger charge is 2.10. The minimum atomic E-state index is -2.98. The van der Waals surface area contributed by atoms with Crippen molar-refractivity contribution in [2.24, 2.45) is 0 Å². The summed E-state index contributed by atoms with van der Waals surface area (Å²) in [5, 5.41) is 8.84. The molecule has 1 rings (SSSR count). The van der Waals surface area contributed by atoms with Crippen molar-refractivity contribution in [2.75, 3.05) is 6.61 Å². The normalized spacial score (nSPS) is 12.9. The van der Waals surface area contributed by atoms with E-state index in [1.54, 1.807) is 6.92 Å². The van der Waals surface area contributed by atoms with Gasteiger partial charge in [0.25, 0.3) is 0 Å². The summed E-state index contributed by atoms with van der Waals surface area (Å²) in [5.74, 6) is -1.22. The molecule has 2 nitrogen and oxygen atoms in total. The first-order valence-electron chi connectivity index (χ1n) is 4.39. The molecule has 0 heterocycles. The van der Waals surface area contributed by atoms with Crippen LogP contribution in [-0.4, -0.2) is 18.3 Å². The minimum absolute atomic E-state index is 0.183. The van der Waals surface area contributed by atoms with Crippen LogP contribution in [-0.2, 0) is 0 Å². The van der Waals surface area contributed by atoms with Crippen LogP contribution < -0.4 is 4.74 Å². The van der Waals surface area contributed by atoms with Gasteiger partial charge in [0.05, 0.1) is 0 Å². The summed E-state index contributed by atoms with van der Waals surface area (Å²) < 4.78 is 40.8. The zero-order valence-corrected chi connectivity index (χ0v) is 8.08. The van der Waals surface area contributed by atoms with E-state index in [1.807, 2.05) is 0 Å². The van der Waals surface area contributed by atoms with Gasteiger partial charge in [-0.2, -0.15) is 8.78 Å². The largest absolute Gasteiger partial charge is 0.435 e. The quantitative estimate of drug-likeness (QED) is 0.844. The second-order valence-corrected chi connectivity index (χ2v) is 3.18. The molecule has 1 unspecified atom stereocenters. The van der Waals surface area contributed by atoms with Crippen LogP contribution in [0.2, 0.25) is 0 Å². The Kier molecular flexibility index (Phi) is 3.96. The number of halogens is 3. The summed E-state index contributed by atoms with van der Waals surface area (Å²) in [6, 6.07) is 3.34. The molecule has 0 radical (unpaired) electrons. The van der Waals surface area contributed by atoms with E-state index in [9.17, 15) is 13.2 Å². The molecule has 15 heavy (non-hydrogen) atoms. The predicted molar refractivity (Wildman–Crippen MR) is 48.5 cm³/mol. The Morgan fingerprint density at radius 3 is 2.53 bits per heavy atom. The van der Waals surface area contributed by atoms with Gasteiger partial charge in [-0.1, -0.05) is 6.92 Å². The highest BCUT2D eigenvalue weighted by atomic mass is 19.3.